The van der Waals surface area contributed by atoms with Crippen LogP contribution in [-0.2, 0) is 9.59 Å². The lowest BCUT2D eigenvalue weighted by molar-refractivity contribution is -0.134. The first-order chi connectivity index (χ1) is 9.25. The molecule has 112 valence electrons. The van der Waals surface area contributed by atoms with Crippen molar-refractivity contribution >= 4 is 17.9 Å². The Bertz CT molecular complexity index is 449. The third-order valence-electron chi connectivity index (χ3n) is 3.42. The minimum Gasteiger partial charge on any atom is -0.478 e. The first-order valence-corrected chi connectivity index (χ1v) is 6.42. The molecule has 0 aromatic rings. The van der Waals surface area contributed by atoms with Gasteiger partial charge in [-0.15, -0.1) is 0 Å². The van der Waals surface area contributed by atoms with E-state index in [0.717, 1.165) is 0 Å². The second kappa shape index (κ2) is 6.40. The van der Waals surface area contributed by atoms with E-state index < -0.39 is 5.97 Å². The third kappa shape index (κ3) is 3.49. The molecule has 1 rings (SSSR count). The maximum atomic E-state index is 12.1. The summed E-state index contributed by atoms with van der Waals surface area (Å²) in [6, 6.07) is -0.0777. The first kappa shape index (κ1) is 16.0. The number of piperazine rings is 1. The monoisotopic (exact) mass is 283 g/mol. The Balaban J connectivity index is 2.67. The summed E-state index contributed by atoms with van der Waals surface area (Å²) in [6.07, 6.45) is 0. The quantitative estimate of drug-likeness (QED) is 0.736. The van der Waals surface area contributed by atoms with E-state index in [1.807, 2.05) is 0 Å². The van der Waals surface area contributed by atoms with E-state index in [1.54, 1.807) is 23.9 Å². The number of carbonyl (C=O) groups is 3. The van der Waals surface area contributed by atoms with Crippen molar-refractivity contribution in [1.82, 2.24) is 14.7 Å². The van der Waals surface area contributed by atoms with E-state index in [1.165, 1.54) is 18.7 Å². The van der Waals surface area contributed by atoms with Crippen LogP contribution in [0.1, 0.15) is 13.8 Å². The molecular formula is C13H21N3O4. The SMILES string of the molecule is CC(C(=O)O)=C(C)C(=O)N1CCN(C(=O)N(C)C)CC1. The Labute approximate surface area is 118 Å². The van der Waals surface area contributed by atoms with Gasteiger partial charge in [-0.05, 0) is 13.8 Å². The minimum atomic E-state index is -1.09. The van der Waals surface area contributed by atoms with E-state index >= 15 is 0 Å². The molecule has 1 heterocycles. The molecule has 7 heteroatoms. The van der Waals surface area contributed by atoms with Gasteiger partial charge in [-0.3, -0.25) is 4.79 Å². The average molecular weight is 283 g/mol. The van der Waals surface area contributed by atoms with Crippen molar-refractivity contribution in [3.8, 4) is 0 Å². The molecule has 1 aliphatic rings. The fraction of sp³-hybridized carbons (Fsp3) is 0.615. The Morgan fingerprint density at radius 2 is 1.35 bits per heavy atom. The van der Waals surface area contributed by atoms with Gasteiger partial charge in [-0.25, -0.2) is 9.59 Å². The molecular weight excluding hydrogens is 262 g/mol. The zero-order valence-corrected chi connectivity index (χ0v) is 12.3. The van der Waals surface area contributed by atoms with E-state index in [-0.39, 0.29) is 23.1 Å². The molecule has 1 N–H and O–H groups in total. The number of urea groups is 1. The Kier molecular flexibility index (Phi) is 5.12. The van der Waals surface area contributed by atoms with Gasteiger partial charge in [0, 0.05) is 51.4 Å². The highest BCUT2D eigenvalue weighted by molar-refractivity contribution is 6.01. The zero-order valence-electron chi connectivity index (χ0n) is 12.3. The van der Waals surface area contributed by atoms with Gasteiger partial charge < -0.3 is 19.8 Å². The number of aliphatic carboxylic acids is 1. The molecule has 0 radical (unpaired) electrons. The van der Waals surface area contributed by atoms with Crippen LogP contribution in [0, 0.1) is 0 Å². The molecule has 0 aromatic heterocycles. The fourth-order valence-electron chi connectivity index (χ4n) is 1.94. The molecule has 20 heavy (non-hydrogen) atoms. The topological polar surface area (TPSA) is 81.2 Å². The molecule has 1 aliphatic heterocycles. The molecule has 1 fully saturated rings. The summed E-state index contributed by atoms with van der Waals surface area (Å²) >= 11 is 0. The van der Waals surface area contributed by atoms with Crippen LogP contribution in [0.4, 0.5) is 4.79 Å². The predicted octanol–water partition coefficient (Wildman–Crippen LogP) is 0.233. The summed E-state index contributed by atoms with van der Waals surface area (Å²) in [7, 11) is 3.37. The van der Waals surface area contributed by atoms with Crippen LogP contribution in [0.25, 0.3) is 0 Å². The van der Waals surface area contributed by atoms with Gasteiger partial charge >= 0.3 is 12.0 Å². The van der Waals surface area contributed by atoms with Crippen LogP contribution in [0.3, 0.4) is 0 Å². The van der Waals surface area contributed by atoms with Crippen molar-refractivity contribution in [2.45, 2.75) is 13.8 Å². The van der Waals surface area contributed by atoms with E-state index in [0.29, 0.717) is 26.2 Å². The first-order valence-electron chi connectivity index (χ1n) is 6.42. The highest BCUT2D eigenvalue weighted by Gasteiger charge is 2.26. The van der Waals surface area contributed by atoms with E-state index in [4.69, 9.17) is 5.11 Å². The molecule has 0 spiro atoms. The van der Waals surface area contributed by atoms with Crippen molar-refractivity contribution in [3.63, 3.8) is 0 Å². The van der Waals surface area contributed by atoms with Gasteiger partial charge in [0.05, 0.1) is 0 Å². The van der Waals surface area contributed by atoms with Crippen molar-refractivity contribution in [1.29, 1.82) is 0 Å². The van der Waals surface area contributed by atoms with Gasteiger partial charge in [0.2, 0.25) is 5.91 Å². The summed E-state index contributed by atoms with van der Waals surface area (Å²) in [5.41, 5.74) is 0.298. The summed E-state index contributed by atoms with van der Waals surface area (Å²) in [5.74, 6) is -1.36. The standard InChI is InChI=1S/C13H21N3O4/c1-9(10(2)12(18)19)11(17)15-5-7-16(8-6-15)13(20)14(3)4/h5-8H2,1-4H3,(H,18,19). The molecule has 0 bridgehead atoms. The second-order valence-corrected chi connectivity index (χ2v) is 5.01. The Morgan fingerprint density at radius 3 is 1.75 bits per heavy atom. The van der Waals surface area contributed by atoms with Crippen molar-refractivity contribution in [2.24, 2.45) is 0 Å². The normalized spacial score (nSPS) is 16.6. The van der Waals surface area contributed by atoms with Gasteiger partial charge in [0.25, 0.3) is 0 Å². The maximum absolute atomic E-state index is 12.1. The van der Waals surface area contributed by atoms with E-state index in [9.17, 15) is 14.4 Å². The number of carboxylic acid groups (broad SMARTS) is 1. The van der Waals surface area contributed by atoms with E-state index in [2.05, 4.69) is 0 Å². The van der Waals surface area contributed by atoms with Gasteiger partial charge in [0.15, 0.2) is 0 Å². The number of hydrogen-bond donors (Lipinski definition) is 1. The molecule has 7 nitrogen and oxygen atoms in total. The van der Waals surface area contributed by atoms with Crippen LogP contribution in [0.2, 0.25) is 0 Å². The lowest BCUT2D eigenvalue weighted by atomic mass is 10.1. The maximum Gasteiger partial charge on any atom is 0.331 e. The predicted molar refractivity (Wildman–Crippen MR) is 73.2 cm³/mol. The van der Waals surface area contributed by atoms with Crippen LogP contribution >= 0.6 is 0 Å². The summed E-state index contributed by atoms with van der Waals surface area (Å²) < 4.78 is 0. The zero-order chi connectivity index (χ0) is 15.4. The lowest BCUT2D eigenvalue weighted by Gasteiger charge is -2.36. The number of carboxylic acids is 1. The number of nitrogens with zero attached hydrogens (tertiary/aromatic N) is 3. The highest BCUT2D eigenvalue weighted by atomic mass is 16.4. The third-order valence-corrected chi connectivity index (χ3v) is 3.42. The summed E-state index contributed by atoms with van der Waals surface area (Å²) in [4.78, 5) is 39.5. The summed E-state index contributed by atoms with van der Waals surface area (Å²) in [6.45, 7) is 4.69. The van der Waals surface area contributed by atoms with Crippen molar-refractivity contribution in [2.75, 3.05) is 40.3 Å². The number of hydrogen-bond acceptors (Lipinski definition) is 3. The Hall–Kier alpha value is -2.05. The van der Waals surface area contributed by atoms with Crippen LogP contribution in [-0.4, -0.2) is 78.0 Å². The number of rotatable bonds is 2. The molecule has 0 atom stereocenters. The van der Waals surface area contributed by atoms with Crippen LogP contribution < -0.4 is 0 Å². The fourth-order valence-corrected chi connectivity index (χ4v) is 1.94. The van der Waals surface area contributed by atoms with Crippen molar-refractivity contribution < 1.29 is 19.5 Å². The van der Waals surface area contributed by atoms with Gasteiger partial charge in [-0.2, -0.15) is 0 Å². The molecule has 0 aromatic carbocycles. The summed E-state index contributed by atoms with van der Waals surface area (Å²) in [5, 5.41) is 8.89. The smallest absolute Gasteiger partial charge is 0.331 e. The minimum absolute atomic E-state index is 0.0572. The Morgan fingerprint density at radius 1 is 0.900 bits per heavy atom. The van der Waals surface area contributed by atoms with Gasteiger partial charge in [0.1, 0.15) is 0 Å². The number of amides is 3. The molecule has 1 saturated heterocycles. The molecule has 3 amide bonds. The van der Waals surface area contributed by atoms with Gasteiger partial charge in [-0.1, -0.05) is 0 Å². The van der Waals surface area contributed by atoms with Crippen LogP contribution in [0.15, 0.2) is 11.1 Å². The van der Waals surface area contributed by atoms with Crippen LogP contribution in [0.5, 0.6) is 0 Å². The lowest BCUT2D eigenvalue weighted by Crippen LogP contribution is -2.53. The highest BCUT2D eigenvalue weighted by Crippen LogP contribution is 2.11. The molecule has 0 saturated carbocycles. The molecule has 0 aliphatic carbocycles. The second-order valence-electron chi connectivity index (χ2n) is 5.01. The van der Waals surface area contributed by atoms with Crippen molar-refractivity contribution in [3.05, 3.63) is 11.1 Å². The largest absolute Gasteiger partial charge is 0.478 e. The molecule has 0 unspecified atom stereocenters. The number of carbonyl (C=O) groups excluding carboxylic acids is 2. The average Bonchev–Trinajstić information content (AvgIpc) is 2.44.